The molecule has 1 fully saturated rings. The molecule has 9 nitrogen and oxygen atoms in total. The van der Waals surface area contributed by atoms with Crippen molar-refractivity contribution in [3.8, 4) is 0 Å². The van der Waals surface area contributed by atoms with E-state index in [2.05, 4.69) is 20.0 Å². The number of aryl methyl sites for hydroxylation is 2. The SMILES string of the molecule is Cc1cc(NS(=O)(=O)c2ccc(NC(=O)[C@H]3[C@H](C(=O)O)[C@@H]4C=C[C@H]3C4)cc2)nc(C)n1. The molecule has 1 saturated carbocycles. The van der Waals surface area contributed by atoms with Gasteiger partial charge in [0.1, 0.15) is 11.6 Å². The van der Waals surface area contributed by atoms with Crippen molar-refractivity contribution in [2.45, 2.75) is 25.2 Å². The minimum atomic E-state index is -3.87. The number of hydrogen-bond acceptors (Lipinski definition) is 6. The molecule has 2 bridgehead atoms. The Hall–Kier alpha value is -3.27. The lowest BCUT2D eigenvalue weighted by Crippen LogP contribution is -2.36. The topological polar surface area (TPSA) is 138 Å². The van der Waals surface area contributed by atoms with Crippen LogP contribution in [0, 0.1) is 37.5 Å². The Morgan fingerprint density at radius 2 is 1.68 bits per heavy atom. The maximum Gasteiger partial charge on any atom is 0.307 e. The zero-order valence-electron chi connectivity index (χ0n) is 16.9. The third-order valence-electron chi connectivity index (χ3n) is 5.68. The van der Waals surface area contributed by atoms with E-state index in [-0.39, 0.29) is 28.5 Å². The first-order valence-corrected chi connectivity index (χ1v) is 11.3. The van der Waals surface area contributed by atoms with Gasteiger partial charge in [-0.1, -0.05) is 12.2 Å². The van der Waals surface area contributed by atoms with Crippen LogP contribution in [-0.4, -0.2) is 35.4 Å². The third kappa shape index (κ3) is 4.15. The average molecular weight is 442 g/mol. The quantitative estimate of drug-likeness (QED) is 0.584. The van der Waals surface area contributed by atoms with Crippen LogP contribution in [0.3, 0.4) is 0 Å². The minimum absolute atomic E-state index is 0.00527. The number of amides is 1. The van der Waals surface area contributed by atoms with Gasteiger partial charge in [0.25, 0.3) is 10.0 Å². The normalized spacial score (nSPS) is 24.2. The molecular formula is C21H22N4O5S. The Bertz CT molecular complexity index is 1160. The molecule has 1 aromatic heterocycles. The Morgan fingerprint density at radius 1 is 1.03 bits per heavy atom. The molecule has 4 rings (SSSR count). The lowest BCUT2D eigenvalue weighted by Gasteiger charge is -2.23. The Labute approximate surface area is 179 Å². The van der Waals surface area contributed by atoms with Gasteiger partial charge in [0.15, 0.2) is 0 Å². The molecule has 10 heteroatoms. The molecule has 1 amide bonds. The summed E-state index contributed by atoms with van der Waals surface area (Å²) in [6.45, 7) is 3.41. The van der Waals surface area contributed by atoms with E-state index in [4.69, 9.17) is 0 Å². The zero-order chi connectivity index (χ0) is 22.3. The number of carboxylic acid groups (broad SMARTS) is 1. The van der Waals surface area contributed by atoms with Gasteiger partial charge in [0, 0.05) is 17.4 Å². The molecule has 3 N–H and O–H groups in total. The molecule has 1 heterocycles. The van der Waals surface area contributed by atoms with Crippen molar-refractivity contribution in [3.05, 3.63) is 54.0 Å². The van der Waals surface area contributed by atoms with Gasteiger partial charge in [0.05, 0.1) is 16.7 Å². The molecule has 2 aliphatic carbocycles. The van der Waals surface area contributed by atoms with Gasteiger partial charge < -0.3 is 10.4 Å². The second-order valence-corrected chi connectivity index (χ2v) is 9.58. The first kappa shape index (κ1) is 21.0. The largest absolute Gasteiger partial charge is 0.481 e. The highest BCUT2D eigenvalue weighted by atomic mass is 32.2. The molecule has 162 valence electrons. The highest BCUT2D eigenvalue weighted by Crippen LogP contribution is 2.48. The number of allylic oxidation sites excluding steroid dienone is 2. The molecule has 0 unspecified atom stereocenters. The summed E-state index contributed by atoms with van der Waals surface area (Å²) in [5.74, 6) is -2.30. The van der Waals surface area contributed by atoms with E-state index in [1.807, 2.05) is 12.2 Å². The number of benzene rings is 1. The van der Waals surface area contributed by atoms with Crippen LogP contribution in [0.5, 0.6) is 0 Å². The first-order valence-electron chi connectivity index (χ1n) is 9.81. The molecule has 0 aliphatic heterocycles. The number of aliphatic carboxylic acids is 1. The lowest BCUT2D eigenvalue weighted by molar-refractivity contribution is -0.146. The lowest BCUT2D eigenvalue weighted by atomic mass is 9.82. The van der Waals surface area contributed by atoms with Crippen molar-refractivity contribution in [1.82, 2.24) is 9.97 Å². The fourth-order valence-electron chi connectivity index (χ4n) is 4.43. The van der Waals surface area contributed by atoms with Gasteiger partial charge in [-0.25, -0.2) is 18.4 Å². The summed E-state index contributed by atoms with van der Waals surface area (Å²) < 4.78 is 27.7. The number of aromatic nitrogens is 2. The molecule has 2 aliphatic rings. The number of sulfonamides is 1. The summed E-state index contributed by atoms with van der Waals surface area (Å²) in [5.41, 5.74) is 1.03. The van der Waals surface area contributed by atoms with Crippen LogP contribution in [0.2, 0.25) is 0 Å². The van der Waals surface area contributed by atoms with Gasteiger partial charge in [-0.2, -0.15) is 0 Å². The molecule has 2 aromatic rings. The monoisotopic (exact) mass is 442 g/mol. The van der Waals surface area contributed by atoms with Crippen LogP contribution in [0.1, 0.15) is 17.9 Å². The van der Waals surface area contributed by atoms with Gasteiger partial charge in [-0.05, 0) is 56.4 Å². The number of carbonyl (C=O) groups is 2. The Kier molecular flexibility index (Phi) is 5.26. The average Bonchev–Trinajstić information content (AvgIpc) is 3.28. The van der Waals surface area contributed by atoms with Gasteiger partial charge in [-0.15, -0.1) is 0 Å². The summed E-state index contributed by atoms with van der Waals surface area (Å²) in [6.07, 6.45) is 4.45. The fraction of sp³-hybridized carbons (Fsp3) is 0.333. The summed E-state index contributed by atoms with van der Waals surface area (Å²) in [6, 6.07) is 7.22. The van der Waals surface area contributed by atoms with Crippen molar-refractivity contribution >= 4 is 33.4 Å². The van der Waals surface area contributed by atoms with Gasteiger partial charge in [-0.3, -0.25) is 14.3 Å². The van der Waals surface area contributed by atoms with Crippen molar-refractivity contribution in [3.63, 3.8) is 0 Å². The maximum absolute atomic E-state index is 12.8. The van der Waals surface area contributed by atoms with Gasteiger partial charge in [0.2, 0.25) is 5.91 Å². The van der Waals surface area contributed by atoms with Crippen molar-refractivity contribution in [1.29, 1.82) is 0 Å². The van der Waals surface area contributed by atoms with Crippen molar-refractivity contribution in [2.24, 2.45) is 23.7 Å². The smallest absolute Gasteiger partial charge is 0.307 e. The number of nitrogens with zero attached hydrogens (tertiary/aromatic N) is 2. The summed E-state index contributed by atoms with van der Waals surface area (Å²) in [4.78, 5) is 32.6. The zero-order valence-corrected chi connectivity index (χ0v) is 17.8. The maximum atomic E-state index is 12.8. The number of rotatable bonds is 6. The number of anilines is 2. The van der Waals surface area contributed by atoms with E-state index in [0.717, 1.165) is 0 Å². The second kappa shape index (κ2) is 7.77. The Balaban J connectivity index is 1.47. The second-order valence-electron chi connectivity index (χ2n) is 7.90. The molecule has 4 atom stereocenters. The van der Waals surface area contributed by atoms with Crippen molar-refractivity contribution in [2.75, 3.05) is 10.0 Å². The molecular weight excluding hydrogens is 420 g/mol. The van der Waals surface area contributed by atoms with E-state index in [0.29, 0.717) is 23.6 Å². The van der Waals surface area contributed by atoms with Gasteiger partial charge >= 0.3 is 5.97 Å². The third-order valence-corrected chi connectivity index (χ3v) is 7.05. The highest BCUT2D eigenvalue weighted by molar-refractivity contribution is 7.92. The molecule has 0 radical (unpaired) electrons. The number of carboxylic acids is 1. The molecule has 31 heavy (non-hydrogen) atoms. The van der Waals surface area contributed by atoms with Crippen LogP contribution in [0.4, 0.5) is 11.5 Å². The minimum Gasteiger partial charge on any atom is -0.481 e. The first-order chi connectivity index (χ1) is 14.6. The van der Waals surface area contributed by atoms with E-state index < -0.39 is 27.8 Å². The number of hydrogen-bond donors (Lipinski definition) is 3. The Morgan fingerprint density at radius 3 is 2.29 bits per heavy atom. The van der Waals surface area contributed by atoms with Crippen LogP contribution >= 0.6 is 0 Å². The number of carbonyl (C=O) groups excluding carboxylic acids is 1. The van der Waals surface area contributed by atoms with Crippen LogP contribution in [0.15, 0.2) is 47.4 Å². The van der Waals surface area contributed by atoms with Crippen LogP contribution in [0.25, 0.3) is 0 Å². The van der Waals surface area contributed by atoms with Crippen LogP contribution in [-0.2, 0) is 19.6 Å². The van der Waals surface area contributed by atoms with E-state index in [1.165, 1.54) is 30.3 Å². The molecule has 1 aromatic carbocycles. The highest BCUT2D eigenvalue weighted by Gasteiger charge is 2.51. The predicted octanol–water partition coefficient (Wildman–Crippen LogP) is 2.36. The summed E-state index contributed by atoms with van der Waals surface area (Å²) in [5, 5.41) is 12.2. The van der Waals surface area contributed by atoms with E-state index in [1.54, 1.807) is 13.8 Å². The molecule has 0 spiro atoms. The summed E-state index contributed by atoms with van der Waals surface area (Å²) in [7, 11) is -3.87. The van der Waals surface area contributed by atoms with Crippen LogP contribution < -0.4 is 10.0 Å². The van der Waals surface area contributed by atoms with Crippen molar-refractivity contribution < 1.29 is 23.1 Å². The standard InChI is InChI=1S/C21H22N4O5S/c1-11-9-17(23-12(2)22-11)25-31(29,30)16-7-5-15(6-8-16)24-20(26)18-13-3-4-14(10-13)19(18)21(27)28/h3-9,13-14,18-19H,10H2,1-2H3,(H,24,26)(H,27,28)(H,22,23,25)/t13-,14+,18+,19+/m0/s1. The number of fused-ring (bicyclic) bond motifs is 2. The fourth-order valence-corrected chi connectivity index (χ4v) is 5.42. The van der Waals surface area contributed by atoms with E-state index in [9.17, 15) is 23.1 Å². The molecule has 0 saturated heterocycles. The van der Waals surface area contributed by atoms with E-state index >= 15 is 0 Å². The number of nitrogens with one attached hydrogen (secondary N) is 2. The summed E-state index contributed by atoms with van der Waals surface area (Å²) >= 11 is 0. The predicted molar refractivity (Wildman–Crippen MR) is 113 cm³/mol.